The fraction of sp³-hybridized carbons (Fsp3) is 0.536. The van der Waals surface area contributed by atoms with Crippen LogP contribution in [0, 0.1) is 59.7 Å². The molecule has 0 aliphatic carbocycles. The summed E-state index contributed by atoms with van der Waals surface area (Å²) in [6.07, 6.45) is 13.4. The molecule has 1 atom stereocenters. The minimum absolute atomic E-state index is 0. The Morgan fingerprint density at radius 3 is 1.80 bits per heavy atom. The van der Waals surface area contributed by atoms with Gasteiger partial charge in [0.15, 0.2) is 11.2 Å². The molecule has 13 heteroatoms. The number of hydrogen-bond donors (Lipinski definition) is 1. The van der Waals surface area contributed by atoms with Crippen LogP contribution in [0.25, 0.3) is 0 Å². The second-order valence-electron chi connectivity index (χ2n) is 7.70. The second kappa shape index (κ2) is 33.4. The maximum atomic E-state index is 12.0. The number of unbranched alkanes of at least 4 members (excludes halogenated alkanes) is 8. The summed E-state index contributed by atoms with van der Waals surface area (Å²) in [6.45, 7) is 2.24. The van der Waals surface area contributed by atoms with Crippen molar-refractivity contribution >= 4 is 37.5 Å². The first kappa shape index (κ1) is 46.8. The summed E-state index contributed by atoms with van der Waals surface area (Å²) in [6, 6.07) is 0. The molecule has 41 heavy (non-hydrogen) atoms. The van der Waals surface area contributed by atoms with E-state index >= 15 is 0 Å². The van der Waals surface area contributed by atoms with E-state index in [1.165, 1.54) is 39.0 Å². The van der Waals surface area contributed by atoms with E-state index in [2.05, 4.69) is 77.4 Å². The number of carbonyl (C=O) groups is 3. The van der Waals surface area contributed by atoms with Crippen LogP contribution < -0.4 is 68.9 Å². The Hall–Kier alpha value is -1.13. The summed E-state index contributed by atoms with van der Waals surface area (Å²) < 4.78 is 24.8. The van der Waals surface area contributed by atoms with Crippen molar-refractivity contribution in [1.29, 1.82) is 0 Å². The second-order valence-corrected chi connectivity index (χ2v) is 9.48. The molecule has 0 aromatic heterocycles. The number of hydrogen-bond acceptors (Lipinski definition) is 9. The maximum Gasteiger partial charge on any atom is 1.00 e. The van der Waals surface area contributed by atoms with E-state index in [4.69, 9.17) is 15.9 Å². The molecular weight excluding hydrogens is 589 g/mol. The van der Waals surface area contributed by atoms with E-state index in [1.54, 1.807) is 0 Å². The van der Waals surface area contributed by atoms with Gasteiger partial charge in [0.25, 0.3) is 0 Å². The van der Waals surface area contributed by atoms with E-state index < -0.39 is 39.1 Å². The Bertz CT molecular complexity index is 1130. The van der Waals surface area contributed by atoms with Gasteiger partial charge in [-0.25, -0.2) is 4.79 Å². The Kier molecular flexibility index (Phi) is 38.1. The molecule has 0 aliphatic rings. The summed E-state index contributed by atoms with van der Waals surface area (Å²) in [5.41, 5.74) is 0. The SMILES string of the molecule is C#CC#CC#CC#CC#CC(=O)OC[C@H](COP(=O)([O-])[O-])OC(=O)CCCCCCCCCCC.CC(=O)S.[HH].[HH].[HH].[HH].[HH].[HH].[HH].[HH].[HH].[Na+].[Na+]. The van der Waals surface area contributed by atoms with E-state index in [0.29, 0.717) is 6.42 Å². The van der Waals surface area contributed by atoms with Crippen molar-refractivity contribution in [3.05, 3.63) is 0 Å². The average molecular weight is 641 g/mol. The number of ether oxygens (including phenoxy) is 2. The Morgan fingerprint density at radius 2 is 1.32 bits per heavy atom. The molecule has 0 aliphatic heterocycles. The summed E-state index contributed by atoms with van der Waals surface area (Å²) in [5, 5.41) is -0.139. The van der Waals surface area contributed by atoms with Gasteiger partial charge in [-0.2, -0.15) is 0 Å². The van der Waals surface area contributed by atoms with Gasteiger partial charge in [0, 0.05) is 32.1 Å². The van der Waals surface area contributed by atoms with Gasteiger partial charge in [0.2, 0.25) is 0 Å². The van der Waals surface area contributed by atoms with Crippen molar-refractivity contribution in [2.75, 3.05) is 13.2 Å². The van der Waals surface area contributed by atoms with Gasteiger partial charge in [0.05, 0.1) is 14.4 Å². The fourth-order valence-corrected chi connectivity index (χ4v) is 2.94. The van der Waals surface area contributed by atoms with E-state index in [0.717, 1.165) is 19.3 Å². The van der Waals surface area contributed by atoms with Crippen LogP contribution in [0.1, 0.15) is 90.9 Å². The van der Waals surface area contributed by atoms with Crippen molar-refractivity contribution in [2.24, 2.45) is 0 Å². The van der Waals surface area contributed by atoms with Crippen LogP contribution in [0.2, 0.25) is 0 Å². The third-order valence-corrected chi connectivity index (χ3v) is 4.68. The predicted molar refractivity (Wildman–Crippen MR) is 165 cm³/mol. The van der Waals surface area contributed by atoms with E-state index in [1.807, 2.05) is 0 Å². The van der Waals surface area contributed by atoms with Gasteiger partial charge in [-0.15, -0.1) is 19.1 Å². The quantitative estimate of drug-likeness (QED) is 0.0408. The molecule has 0 aromatic rings. The van der Waals surface area contributed by atoms with Gasteiger partial charge < -0.3 is 28.3 Å². The van der Waals surface area contributed by atoms with Crippen LogP contribution in [0.15, 0.2) is 0 Å². The molecule has 0 N–H and O–H groups in total. The molecule has 0 fully saturated rings. The van der Waals surface area contributed by atoms with Crippen molar-refractivity contribution in [1.82, 2.24) is 0 Å². The summed E-state index contributed by atoms with van der Waals surface area (Å²) in [7, 11) is -5.30. The van der Waals surface area contributed by atoms with Gasteiger partial charge in [-0.05, 0) is 53.8 Å². The first-order valence-electron chi connectivity index (χ1n) is 12.2. The van der Waals surface area contributed by atoms with Crippen molar-refractivity contribution in [3.63, 3.8) is 0 Å². The minimum Gasteiger partial charge on any atom is -0.790 e. The predicted octanol–water partition coefficient (Wildman–Crippen LogP) is -1.46. The molecule has 0 heterocycles. The first-order valence-corrected chi connectivity index (χ1v) is 14.1. The normalized spacial score (nSPS) is 9.46. The van der Waals surface area contributed by atoms with Crippen LogP contribution in [-0.4, -0.2) is 36.4 Å². The van der Waals surface area contributed by atoms with E-state index in [9.17, 15) is 28.7 Å². The van der Waals surface area contributed by atoms with Crippen LogP contribution in [0.4, 0.5) is 0 Å². The fourth-order valence-electron chi connectivity index (χ4n) is 2.59. The van der Waals surface area contributed by atoms with Crippen LogP contribution in [0.5, 0.6) is 0 Å². The molecule has 0 saturated carbocycles. The molecule has 0 rings (SSSR count). The zero-order valence-corrected chi connectivity index (χ0v) is 30.0. The van der Waals surface area contributed by atoms with Gasteiger partial charge >= 0.3 is 71.1 Å². The smallest absolute Gasteiger partial charge is 0.790 e. The van der Waals surface area contributed by atoms with Gasteiger partial charge in [-0.3, -0.25) is 9.59 Å². The van der Waals surface area contributed by atoms with Crippen LogP contribution >= 0.6 is 20.5 Å². The number of terminal acetylenes is 1. The van der Waals surface area contributed by atoms with Crippen molar-refractivity contribution in [3.8, 4) is 59.7 Å². The molecule has 0 spiro atoms. The first-order chi connectivity index (χ1) is 18.5. The zero-order chi connectivity index (χ0) is 29.8. The van der Waals surface area contributed by atoms with Crippen molar-refractivity contribution in [2.45, 2.75) is 84.2 Å². The monoisotopic (exact) mass is 640 g/mol. The molecule has 0 bridgehead atoms. The third kappa shape index (κ3) is 43.5. The minimum atomic E-state index is -5.30. The average Bonchev–Trinajstić information content (AvgIpc) is 2.85. The van der Waals surface area contributed by atoms with Gasteiger partial charge in [0.1, 0.15) is 6.61 Å². The largest absolute Gasteiger partial charge is 1.00 e. The molecule has 230 valence electrons. The number of phosphoric acid groups is 1. The van der Waals surface area contributed by atoms with Crippen LogP contribution in [-0.2, 0) is 32.9 Å². The molecule has 9 nitrogen and oxygen atoms in total. The topological polar surface area (TPSA) is 142 Å². The van der Waals surface area contributed by atoms with Crippen LogP contribution in [0.3, 0.4) is 0 Å². The number of thiol groups is 1. The third-order valence-electron chi connectivity index (χ3n) is 4.21. The molecule has 0 aromatic carbocycles. The van der Waals surface area contributed by atoms with Crippen molar-refractivity contribution < 1.29 is 115 Å². The molecule has 0 amide bonds. The Balaban J connectivity index is -0.0000000784. The standard InChI is InChI=1S/C26H31O8P.C2H4OS.2Na.9H2/c1-3-5-7-9-11-13-15-17-19-21-26(28)34-24(23-33-35(29,30)31)22-32-25(27)20-18-16-14-12-10-8-6-4-2;1-2(3)4;;;;;;;;;;;/h2,24H,3,5,7,9,11,13,15,17,19,21-23H2,1H3,(H2,29,30,31);1H3,(H,3,4);;;9*1H/q;;2*+1;;;;;;;;;/p-2/t24-;;;;;;;;;;;;/m1............/s1. The van der Waals surface area contributed by atoms with Gasteiger partial charge in [-0.1, -0.05) is 58.3 Å². The summed E-state index contributed by atoms with van der Waals surface area (Å²) in [4.78, 5) is 54.5. The number of carbonyl (C=O) groups excluding carboxylic acids is 3. The maximum absolute atomic E-state index is 12.0. The molecular formula is C28H51Na2O9PS. The number of rotatable bonds is 16. The van der Waals surface area contributed by atoms with E-state index in [-0.39, 0.29) is 83.5 Å². The molecule has 0 radical (unpaired) electrons. The Labute approximate surface area is 307 Å². The molecule has 0 saturated heterocycles. The summed E-state index contributed by atoms with van der Waals surface area (Å²) in [5.74, 6) is 18.6. The Morgan fingerprint density at radius 1 is 0.854 bits per heavy atom. The number of esters is 2. The summed E-state index contributed by atoms with van der Waals surface area (Å²) >= 11 is 3.33. The zero-order valence-electron chi connectivity index (χ0n) is 24.2. The molecule has 0 unspecified atom stereocenters. The number of phosphoric ester groups is 1.